The van der Waals surface area contributed by atoms with E-state index in [1.54, 1.807) is 0 Å². The normalized spacial score (nSPS) is 9.14. The predicted octanol–water partition coefficient (Wildman–Crippen LogP) is 0.877. The van der Waals surface area contributed by atoms with E-state index in [0.717, 1.165) is 6.08 Å². The first-order valence-corrected chi connectivity index (χ1v) is 3.87. The maximum absolute atomic E-state index is 10.8. The second-order valence-corrected chi connectivity index (χ2v) is 2.51. The van der Waals surface area contributed by atoms with Gasteiger partial charge in [0.2, 0.25) is 5.91 Å². The molecule has 14 heavy (non-hydrogen) atoms. The van der Waals surface area contributed by atoms with E-state index < -0.39 is 11.9 Å². The molecule has 0 spiro atoms. The third kappa shape index (κ3) is 2.45. The fourth-order valence-corrected chi connectivity index (χ4v) is 0.845. The van der Waals surface area contributed by atoms with Crippen molar-refractivity contribution in [1.29, 1.82) is 0 Å². The van der Waals surface area contributed by atoms with Crippen molar-refractivity contribution in [1.82, 2.24) is 0 Å². The Morgan fingerprint density at radius 3 is 2.29 bits per heavy atom. The number of primary amides is 1. The molecule has 2 N–H and O–H groups in total. The van der Waals surface area contributed by atoms with Crippen molar-refractivity contribution in [3.63, 3.8) is 0 Å². The lowest BCUT2D eigenvalue weighted by molar-refractivity contribution is -0.128. The SMILES string of the molecule is C=CC(=O)Oc1ccc(C(N)=O)cc1. The smallest absolute Gasteiger partial charge is 0.335 e. The molecule has 0 saturated heterocycles. The minimum absolute atomic E-state index is 0.347. The molecule has 72 valence electrons. The number of esters is 1. The Labute approximate surface area is 81.0 Å². The van der Waals surface area contributed by atoms with Crippen LogP contribution in [0.1, 0.15) is 10.4 Å². The molecule has 1 aromatic rings. The van der Waals surface area contributed by atoms with Crippen LogP contribution in [0.5, 0.6) is 5.75 Å². The molecule has 0 aliphatic carbocycles. The summed E-state index contributed by atoms with van der Waals surface area (Å²) < 4.78 is 4.79. The van der Waals surface area contributed by atoms with Crippen molar-refractivity contribution in [2.24, 2.45) is 5.73 Å². The fourth-order valence-electron chi connectivity index (χ4n) is 0.845. The van der Waals surface area contributed by atoms with Crippen molar-refractivity contribution in [3.8, 4) is 5.75 Å². The minimum atomic E-state index is -0.545. The molecular formula is C10H9NO3. The number of rotatable bonds is 3. The highest BCUT2D eigenvalue weighted by atomic mass is 16.5. The maximum atomic E-state index is 10.8. The molecule has 0 saturated carbocycles. The first-order valence-electron chi connectivity index (χ1n) is 3.87. The highest BCUT2D eigenvalue weighted by molar-refractivity contribution is 5.93. The Bertz CT molecular complexity index is 367. The molecule has 0 aromatic heterocycles. The van der Waals surface area contributed by atoms with E-state index in [0.29, 0.717) is 11.3 Å². The van der Waals surface area contributed by atoms with Crippen molar-refractivity contribution >= 4 is 11.9 Å². The molecule has 0 unspecified atom stereocenters. The topological polar surface area (TPSA) is 69.4 Å². The molecule has 1 amide bonds. The summed E-state index contributed by atoms with van der Waals surface area (Å²) in [6.45, 7) is 3.25. The number of carbonyl (C=O) groups is 2. The van der Waals surface area contributed by atoms with E-state index >= 15 is 0 Å². The Balaban J connectivity index is 2.78. The number of benzene rings is 1. The largest absolute Gasteiger partial charge is 0.423 e. The molecule has 4 nitrogen and oxygen atoms in total. The summed E-state index contributed by atoms with van der Waals surface area (Å²) in [7, 11) is 0. The molecule has 0 atom stereocenters. The van der Waals surface area contributed by atoms with Crippen LogP contribution in [-0.4, -0.2) is 11.9 Å². The van der Waals surface area contributed by atoms with Crippen LogP contribution in [0, 0.1) is 0 Å². The van der Waals surface area contributed by atoms with Gasteiger partial charge >= 0.3 is 5.97 Å². The van der Waals surface area contributed by atoms with Gasteiger partial charge in [0, 0.05) is 11.6 Å². The zero-order valence-corrected chi connectivity index (χ0v) is 7.40. The lowest BCUT2D eigenvalue weighted by Crippen LogP contribution is -2.10. The van der Waals surface area contributed by atoms with E-state index in [-0.39, 0.29) is 0 Å². The summed E-state index contributed by atoms with van der Waals surface area (Å²) in [5.41, 5.74) is 5.39. The number of ether oxygens (including phenoxy) is 1. The van der Waals surface area contributed by atoms with Crippen LogP contribution >= 0.6 is 0 Å². The van der Waals surface area contributed by atoms with Gasteiger partial charge in [-0.15, -0.1) is 0 Å². The first-order chi connectivity index (χ1) is 6.63. The van der Waals surface area contributed by atoms with Gasteiger partial charge in [-0.25, -0.2) is 4.79 Å². The predicted molar refractivity (Wildman–Crippen MR) is 50.8 cm³/mol. The Hall–Kier alpha value is -2.10. The minimum Gasteiger partial charge on any atom is -0.423 e. The van der Waals surface area contributed by atoms with Gasteiger partial charge in [0.1, 0.15) is 5.75 Å². The van der Waals surface area contributed by atoms with Crippen molar-refractivity contribution < 1.29 is 14.3 Å². The van der Waals surface area contributed by atoms with Crippen molar-refractivity contribution in [2.75, 3.05) is 0 Å². The zero-order valence-electron chi connectivity index (χ0n) is 7.40. The van der Waals surface area contributed by atoms with Crippen LogP contribution in [0.3, 0.4) is 0 Å². The summed E-state index contributed by atoms with van der Waals surface area (Å²) in [5, 5.41) is 0. The van der Waals surface area contributed by atoms with Gasteiger partial charge in [0.05, 0.1) is 0 Å². The lowest BCUT2D eigenvalue weighted by Gasteiger charge is -2.01. The Morgan fingerprint density at radius 2 is 1.86 bits per heavy atom. The van der Waals surface area contributed by atoms with E-state index in [4.69, 9.17) is 10.5 Å². The van der Waals surface area contributed by atoms with E-state index in [1.807, 2.05) is 0 Å². The number of hydrogen-bond donors (Lipinski definition) is 1. The van der Waals surface area contributed by atoms with Gasteiger partial charge in [-0.05, 0) is 24.3 Å². The van der Waals surface area contributed by atoms with Gasteiger partial charge < -0.3 is 10.5 Å². The molecule has 4 heteroatoms. The average molecular weight is 191 g/mol. The Morgan fingerprint density at radius 1 is 1.29 bits per heavy atom. The van der Waals surface area contributed by atoms with Crippen LogP contribution in [0.2, 0.25) is 0 Å². The highest BCUT2D eigenvalue weighted by Gasteiger charge is 2.02. The summed E-state index contributed by atoms with van der Waals surface area (Å²) in [6, 6.07) is 5.94. The molecule has 1 aromatic carbocycles. The average Bonchev–Trinajstić information content (AvgIpc) is 2.18. The summed E-state index contributed by atoms with van der Waals surface area (Å²) in [6.07, 6.45) is 1.06. The van der Waals surface area contributed by atoms with Crippen LogP contribution in [0.4, 0.5) is 0 Å². The van der Waals surface area contributed by atoms with E-state index in [9.17, 15) is 9.59 Å². The molecular weight excluding hydrogens is 182 g/mol. The second kappa shape index (κ2) is 4.23. The summed E-state index contributed by atoms with van der Waals surface area (Å²) >= 11 is 0. The van der Waals surface area contributed by atoms with Crippen LogP contribution in [0.25, 0.3) is 0 Å². The fraction of sp³-hybridized carbons (Fsp3) is 0. The van der Waals surface area contributed by atoms with Gasteiger partial charge in [0.25, 0.3) is 0 Å². The molecule has 0 aliphatic rings. The van der Waals surface area contributed by atoms with Crippen molar-refractivity contribution in [3.05, 3.63) is 42.5 Å². The standard InChI is InChI=1S/C10H9NO3/c1-2-9(12)14-8-5-3-7(4-6-8)10(11)13/h2-6H,1H2,(H2,11,13). The zero-order chi connectivity index (χ0) is 10.6. The number of nitrogens with two attached hydrogens (primary N) is 1. The number of hydrogen-bond acceptors (Lipinski definition) is 3. The Kier molecular flexibility index (Phi) is 3.01. The van der Waals surface area contributed by atoms with Crippen LogP contribution < -0.4 is 10.5 Å². The van der Waals surface area contributed by atoms with Gasteiger partial charge in [0.15, 0.2) is 0 Å². The molecule has 0 bridgehead atoms. The highest BCUT2D eigenvalue weighted by Crippen LogP contribution is 2.11. The molecule has 0 fully saturated rings. The molecule has 0 heterocycles. The molecule has 0 aliphatic heterocycles. The van der Waals surface area contributed by atoms with Crippen molar-refractivity contribution in [2.45, 2.75) is 0 Å². The molecule has 0 radical (unpaired) electrons. The summed E-state index contributed by atoms with van der Waals surface area (Å²) in [5.74, 6) is -0.719. The van der Waals surface area contributed by atoms with E-state index in [1.165, 1.54) is 24.3 Å². The van der Waals surface area contributed by atoms with Crippen LogP contribution in [-0.2, 0) is 4.79 Å². The lowest BCUT2D eigenvalue weighted by atomic mass is 10.2. The van der Waals surface area contributed by atoms with Gasteiger partial charge in [-0.3, -0.25) is 4.79 Å². The first kappa shape index (κ1) is 9.98. The quantitative estimate of drug-likeness (QED) is 0.438. The van der Waals surface area contributed by atoms with Gasteiger partial charge in [-0.2, -0.15) is 0 Å². The number of carbonyl (C=O) groups excluding carboxylic acids is 2. The third-order valence-electron chi connectivity index (χ3n) is 1.52. The number of amides is 1. The maximum Gasteiger partial charge on any atom is 0.335 e. The third-order valence-corrected chi connectivity index (χ3v) is 1.52. The second-order valence-electron chi connectivity index (χ2n) is 2.51. The monoisotopic (exact) mass is 191 g/mol. The van der Waals surface area contributed by atoms with E-state index in [2.05, 4.69) is 6.58 Å². The summed E-state index contributed by atoms with van der Waals surface area (Å²) in [4.78, 5) is 21.5. The van der Waals surface area contributed by atoms with Crippen LogP contribution in [0.15, 0.2) is 36.9 Å². The molecule has 1 rings (SSSR count). The van der Waals surface area contributed by atoms with Gasteiger partial charge in [-0.1, -0.05) is 6.58 Å².